The zero-order valence-corrected chi connectivity index (χ0v) is 14.9. The van der Waals surface area contributed by atoms with Crippen molar-refractivity contribution in [2.75, 3.05) is 19.6 Å². The molecule has 0 aliphatic heterocycles. The highest BCUT2D eigenvalue weighted by molar-refractivity contribution is 5.87. The largest absolute Gasteiger partial charge is 0.354 e. The molecule has 3 heteroatoms. The van der Waals surface area contributed by atoms with Crippen LogP contribution >= 0.6 is 0 Å². The van der Waals surface area contributed by atoms with Crippen LogP contribution < -0.4 is 5.32 Å². The number of carbonyl (C=O) groups excluding carboxylic acids is 1. The van der Waals surface area contributed by atoms with Gasteiger partial charge >= 0.3 is 0 Å². The second kappa shape index (κ2) is 9.24. The average Bonchev–Trinajstić information content (AvgIpc) is 2.63. The van der Waals surface area contributed by atoms with Crippen LogP contribution in [0.4, 0.5) is 0 Å². The van der Waals surface area contributed by atoms with Gasteiger partial charge in [-0.3, -0.25) is 9.69 Å². The maximum atomic E-state index is 12.9. The van der Waals surface area contributed by atoms with E-state index in [-0.39, 0.29) is 11.8 Å². The van der Waals surface area contributed by atoms with E-state index in [1.54, 1.807) is 0 Å². The summed E-state index contributed by atoms with van der Waals surface area (Å²) in [4.78, 5) is 15.3. The van der Waals surface area contributed by atoms with Crippen molar-refractivity contribution in [3.05, 3.63) is 71.8 Å². The van der Waals surface area contributed by atoms with Gasteiger partial charge in [-0.05, 0) is 31.1 Å². The molecule has 0 aromatic heterocycles. The maximum Gasteiger partial charge on any atom is 0.232 e. The van der Waals surface area contributed by atoms with Gasteiger partial charge in [-0.25, -0.2) is 0 Å². The number of amides is 1. The first kappa shape index (κ1) is 18.2. The Balaban J connectivity index is 2.14. The summed E-state index contributed by atoms with van der Waals surface area (Å²) in [6.07, 6.45) is 0. The fourth-order valence-electron chi connectivity index (χ4n) is 3.11. The molecule has 0 aliphatic rings. The minimum atomic E-state index is -0.267. The van der Waals surface area contributed by atoms with Gasteiger partial charge in [0, 0.05) is 12.6 Å². The van der Waals surface area contributed by atoms with E-state index in [0.29, 0.717) is 12.6 Å². The highest BCUT2D eigenvalue weighted by Crippen LogP contribution is 2.24. The Morgan fingerprint density at radius 2 is 1.38 bits per heavy atom. The van der Waals surface area contributed by atoms with E-state index in [9.17, 15) is 4.79 Å². The summed E-state index contributed by atoms with van der Waals surface area (Å²) in [6.45, 7) is 9.11. The SMILES string of the molecule is CCN(CC)C(C)CNC(=O)C(c1ccccc1)c1ccccc1. The minimum absolute atomic E-state index is 0.0615. The molecule has 2 aromatic carbocycles. The molecule has 0 aliphatic carbocycles. The molecule has 2 rings (SSSR count). The molecular formula is C21H28N2O. The van der Waals surface area contributed by atoms with Crippen LogP contribution in [0.25, 0.3) is 0 Å². The van der Waals surface area contributed by atoms with Crippen LogP contribution in [0.1, 0.15) is 37.8 Å². The van der Waals surface area contributed by atoms with Crippen molar-refractivity contribution >= 4 is 5.91 Å². The van der Waals surface area contributed by atoms with Crippen LogP contribution in [-0.4, -0.2) is 36.5 Å². The summed E-state index contributed by atoms with van der Waals surface area (Å²) in [5.74, 6) is -0.206. The minimum Gasteiger partial charge on any atom is -0.354 e. The Kier molecular flexibility index (Phi) is 7.01. The number of nitrogens with one attached hydrogen (secondary N) is 1. The predicted octanol–water partition coefficient (Wildman–Crippen LogP) is 3.67. The summed E-state index contributed by atoms with van der Waals surface area (Å²) in [7, 11) is 0. The molecule has 2 aromatic rings. The summed E-state index contributed by atoms with van der Waals surface area (Å²) in [5.41, 5.74) is 2.05. The van der Waals surface area contributed by atoms with Gasteiger partial charge < -0.3 is 5.32 Å². The molecule has 1 unspecified atom stereocenters. The summed E-state index contributed by atoms with van der Waals surface area (Å²) in [6, 6.07) is 20.3. The highest BCUT2D eigenvalue weighted by Gasteiger charge is 2.23. The van der Waals surface area contributed by atoms with Crippen molar-refractivity contribution in [1.82, 2.24) is 10.2 Å². The normalized spacial score (nSPS) is 12.4. The zero-order valence-electron chi connectivity index (χ0n) is 14.9. The van der Waals surface area contributed by atoms with Crippen molar-refractivity contribution in [1.29, 1.82) is 0 Å². The second-order valence-electron chi connectivity index (χ2n) is 6.07. The molecule has 0 spiro atoms. The molecule has 0 bridgehead atoms. The fraction of sp³-hybridized carbons (Fsp3) is 0.381. The van der Waals surface area contributed by atoms with Gasteiger partial charge in [-0.2, -0.15) is 0 Å². The highest BCUT2D eigenvalue weighted by atomic mass is 16.1. The number of rotatable bonds is 8. The number of likely N-dealkylation sites (N-methyl/N-ethyl adjacent to an activating group) is 1. The third-order valence-corrected chi connectivity index (χ3v) is 4.54. The van der Waals surface area contributed by atoms with Crippen molar-refractivity contribution in [3.8, 4) is 0 Å². The molecule has 0 fully saturated rings. The predicted molar refractivity (Wildman–Crippen MR) is 100 cm³/mol. The van der Waals surface area contributed by atoms with E-state index < -0.39 is 0 Å². The maximum absolute atomic E-state index is 12.9. The van der Waals surface area contributed by atoms with E-state index in [0.717, 1.165) is 24.2 Å². The molecule has 0 heterocycles. The smallest absolute Gasteiger partial charge is 0.232 e. The monoisotopic (exact) mass is 324 g/mol. The molecule has 0 saturated heterocycles. The summed E-state index contributed by atoms with van der Waals surface area (Å²) >= 11 is 0. The fourth-order valence-corrected chi connectivity index (χ4v) is 3.11. The van der Waals surface area contributed by atoms with Crippen LogP contribution in [0, 0.1) is 0 Å². The third kappa shape index (κ3) is 4.68. The Labute approximate surface area is 145 Å². The quantitative estimate of drug-likeness (QED) is 0.803. The molecule has 1 atom stereocenters. The van der Waals surface area contributed by atoms with E-state index in [1.807, 2.05) is 60.7 Å². The van der Waals surface area contributed by atoms with Gasteiger partial charge in [0.05, 0.1) is 5.92 Å². The molecule has 1 N–H and O–H groups in total. The molecule has 1 amide bonds. The van der Waals surface area contributed by atoms with Gasteiger partial charge in [-0.1, -0.05) is 74.5 Å². The zero-order chi connectivity index (χ0) is 17.4. The first-order valence-electron chi connectivity index (χ1n) is 8.79. The molecule has 0 radical (unpaired) electrons. The van der Waals surface area contributed by atoms with Gasteiger partial charge in [0.2, 0.25) is 5.91 Å². The number of hydrogen-bond acceptors (Lipinski definition) is 2. The van der Waals surface area contributed by atoms with Crippen molar-refractivity contribution in [2.45, 2.75) is 32.7 Å². The van der Waals surface area contributed by atoms with Crippen LogP contribution in [-0.2, 0) is 4.79 Å². The summed E-state index contributed by atoms with van der Waals surface area (Å²) in [5, 5.41) is 3.15. The first-order chi connectivity index (χ1) is 11.7. The Morgan fingerprint density at radius 1 is 0.917 bits per heavy atom. The van der Waals surface area contributed by atoms with E-state index in [2.05, 4.69) is 31.0 Å². The van der Waals surface area contributed by atoms with Gasteiger partial charge in [0.25, 0.3) is 0 Å². The van der Waals surface area contributed by atoms with Crippen LogP contribution in [0.3, 0.4) is 0 Å². The number of hydrogen-bond donors (Lipinski definition) is 1. The van der Waals surface area contributed by atoms with E-state index in [4.69, 9.17) is 0 Å². The number of carbonyl (C=O) groups is 1. The lowest BCUT2D eigenvalue weighted by Crippen LogP contribution is -2.43. The number of nitrogens with zero attached hydrogens (tertiary/aromatic N) is 1. The van der Waals surface area contributed by atoms with Crippen LogP contribution in [0.5, 0.6) is 0 Å². The van der Waals surface area contributed by atoms with E-state index >= 15 is 0 Å². The standard InChI is InChI=1S/C21H28N2O/c1-4-23(5-2)17(3)16-22-21(24)20(18-12-8-6-9-13-18)19-14-10-7-11-15-19/h6-15,17,20H,4-5,16H2,1-3H3,(H,22,24). The van der Waals surface area contributed by atoms with Gasteiger partial charge in [-0.15, -0.1) is 0 Å². The van der Waals surface area contributed by atoms with Crippen molar-refractivity contribution in [3.63, 3.8) is 0 Å². The third-order valence-electron chi connectivity index (χ3n) is 4.54. The first-order valence-corrected chi connectivity index (χ1v) is 8.79. The van der Waals surface area contributed by atoms with E-state index in [1.165, 1.54) is 0 Å². The topological polar surface area (TPSA) is 32.3 Å². The second-order valence-corrected chi connectivity index (χ2v) is 6.07. The van der Waals surface area contributed by atoms with Crippen molar-refractivity contribution < 1.29 is 4.79 Å². The average molecular weight is 324 g/mol. The molecular weight excluding hydrogens is 296 g/mol. The lowest BCUT2D eigenvalue weighted by molar-refractivity contribution is -0.121. The molecule has 0 saturated carbocycles. The lowest BCUT2D eigenvalue weighted by atomic mass is 9.90. The molecule has 3 nitrogen and oxygen atoms in total. The lowest BCUT2D eigenvalue weighted by Gasteiger charge is -2.27. The molecule has 128 valence electrons. The summed E-state index contributed by atoms with van der Waals surface area (Å²) < 4.78 is 0. The number of benzene rings is 2. The van der Waals surface area contributed by atoms with Crippen LogP contribution in [0.2, 0.25) is 0 Å². The Morgan fingerprint density at radius 3 is 1.79 bits per heavy atom. The Hall–Kier alpha value is -2.13. The van der Waals surface area contributed by atoms with Gasteiger partial charge in [0.1, 0.15) is 0 Å². The van der Waals surface area contributed by atoms with Crippen molar-refractivity contribution in [2.24, 2.45) is 0 Å². The van der Waals surface area contributed by atoms with Crippen LogP contribution in [0.15, 0.2) is 60.7 Å². The molecule has 24 heavy (non-hydrogen) atoms. The Bertz CT molecular complexity index is 569. The van der Waals surface area contributed by atoms with Gasteiger partial charge in [0.15, 0.2) is 0 Å².